The second-order valence-electron chi connectivity index (χ2n) is 7.62. The Morgan fingerprint density at radius 3 is 2.50 bits per heavy atom. The van der Waals surface area contributed by atoms with E-state index in [-0.39, 0.29) is 17.8 Å². The monoisotopic (exact) mass is 443 g/mol. The highest BCUT2D eigenvalue weighted by Crippen LogP contribution is 2.31. The lowest BCUT2D eigenvalue weighted by Crippen LogP contribution is -2.49. The quantitative estimate of drug-likeness (QED) is 0.691. The number of carbonyl (C=O) groups excluding carboxylic acids is 2. The molecule has 1 saturated heterocycles. The van der Waals surface area contributed by atoms with E-state index in [2.05, 4.69) is 20.5 Å². The Kier molecular flexibility index (Phi) is 7.99. The molecule has 0 spiro atoms. The zero-order valence-electron chi connectivity index (χ0n) is 18.7. The average Bonchev–Trinajstić information content (AvgIpc) is 2.79. The van der Waals surface area contributed by atoms with E-state index in [4.69, 9.17) is 4.74 Å². The third kappa shape index (κ3) is 5.73. The highest BCUT2D eigenvalue weighted by Gasteiger charge is 2.28. The number of piperazine rings is 1. The van der Waals surface area contributed by atoms with Crippen LogP contribution in [0.1, 0.15) is 37.6 Å². The summed E-state index contributed by atoms with van der Waals surface area (Å²) in [5.41, 5.74) is 1.99. The number of amides is 3. The number of pyridine rings is 1. The lowest BCUT2D eigenvalue weighted by Gasteiger charge is -2.39. The van der Waals surface area contributed by atoms with Crippen molar-refractivity contribution in [2.24, 2.45) is 0 Å². The summed E-state index contributed by atoms with van der Waals surface area (Å²) in [5.74, 6) is -0.454. The number of anilines is 2. The van der Waals surface area contributed by atoms with Gasteiger partial charge in [0, 0.05) is 43.5 Å². The Labute approximate surface area is 187 Å². The fourth-order valence-electron chi connectivity index (χ4n) is 3.84. The van der Waals surface area contributed by atoms with Crippen molar-refractivity contribution >= 4 is 23.5 Å². The van der Waals surface area contributed by atoms with Crippen LogP contribution in [0, 0.1) is 12.7 Å². The predicted molar refractivity (Wildman–Crippen MR) is 121 cm³/mol. The van der Waals surface area contributed by atoms with Gasteiger partial charge in [-0.3, -0.25) is 9.88 Å². The van der Waals surface area contributed by atoms with Crippen molar-refractivity contribution in [3.8, 4) is 0 Å². The summed E-state index contributed by atoms with van der Waals surface area (Å²) >= 11 is 0. The number of hydrogen-bond acceptors (Lipinski definition) is 5. The van der Waals surface area contributed by atoms with Crippen LogP contribution >= 0.6 is 0 Å². The van der Waals surface area contributed by atoms with Crippen LogP contribution < -0.4 is 10.6 Å². The maximum absolute atomic E-state index is 15.4. The van der Waals surface area contributed by atoms with Crippen molar-refractivity contribution < 1.29 is 18.7 Å². The first-order chi connectivity index (χ1) is 15.4. The minimum absolute atomic E-state index is 0.115. The van der Waals surface area contributed by atoms with Crippen molar-refractivity contribution in [2.45, 2.75) is 33.2 Å². The van der Waals surface area contributed by atoms with Gasteiger partial charge < -0.3 is 20.3 Å². The third-order valence-electron chi connectivity index (χ3n) is 5.47. The average molecular weight is 444 g/mol. The summed E-state index contributed by atoms with van der Waals surface area (Å²) < 4.78 is 20.4. The van der Waals surface area contributed by atoms with E-state index >= 15 is 4.39 Å². The molecule has 32 heavy (non-hydrogen) atoms. The molecule has 1 aliphatic rings. The Morgan fingerprint density at radius 2 is 1.88 bits per heavy atom. The van der Waals surface area contributed by atoms with Gasteiger partial charge in [0.15, 0.2) is 5.82 Å². The van der Waals surface area contributed by atoms with Crippen LogP contribution in [-0.2, 0) is 4.74 Å². The van der Waals surface area contributed by atoms with Crippen molar-refractivity contribution in [3.63, 3.8) is 0 Å². The highest BCUT2D eigenvalue weighted by molar-refractivity contribution is 5.99. The van der Waals surface area contributed by atoms with Gasteiger partial charge >= 0.3 is 12.1 Å². The zero-order valence-corrected chi connectivity index (χ0v) is 18.7. The molecule has 2 aromatic rings. The SMILES string of the molecule is CCOC(=O)N1CCN(C(CC)c2cccc(NC(=O)Nc3ccc(C)nc3)c2F)CC1. The number of rotatable bonds is 6. The van der Waals surface area contributed by atoms with Gasteiger partial charge in [0.1, 0.15) is 0 Å². The van der Waals surface area contributed by atoms with Gasteiger partial charge in [-0.05, 0) is 38.5 Å². The van der Waals surface area contributed by atoms with E-state index in [1.807, 2.05) is 13.8 Å². The maximum Gasteiger partial charge on any atom is 0.409 e. The van der Waals surface area contributed by atoms with Crippen LogP contribution in [0.25, 0.3) is 0 Å². The van der Waals surface area contributed by atoms with Crippen LogP contribution in [0.15, 0.2) is 36.5 Å². The lowest BCUT2D eigenvalue weighted by atomic mass is 10.0. The van der Waals surface area contributed by atoms with Gasteiger partial charge in [-0.15, -0.1) is 0 Å². The standard InChI is InChI=1S/C23H30FN5O3/c1-4-20(28-11-13-29(14-12-28)23(31)32-5-2)18-7-6-8-19(21(18)24)27-22(30)26-17-10-9-16(3)25-15-17/h6-10,15,20H,4-5,11-14H2,1-3H3,(H2,26,27,30). The molecule has 1 unspecified atom stereocenters. The molecular formula is C23H30FN5O3. The topological polar surface area (TPSA) is 86.8 Å². The van der Waals surface area contributed by atoms with Crippen molar-refractivity contribution in [3.05, 3.63) is 53.6 Å². The predicted octanol–water partition coefficient (Wildman–Crippen LogP) is 4.40. The molecule has 1 atom stereocenters. The first-order valence-electron chi connectivity index (χ1n) is 10.9. The highest BCUT2D eigenvalue weighted by atomic mass is 19.1. The molecule has 1 aromatic heterocycles. The van der Waals surface area contributed by atoms with Gasteiger partial charge in [-0.25, -0.2) is 14.0 Å². The molecule has 2 N–H and O–H groups in total. The molecule has 0 bridgehead atoms. The molecule has 172 valence electrons. The van der Waals surface area contributed by atoms with Gasteiger partial charge in [0.2, 0.25) is 0 Å². The summed E-state index contributed by atoms with van der Waals surface area (Å²) in [7, 11) is 0. The first-order valence-corrected chi connectivity index (χ1v) is 10.9. The molecule has 2 heterocycles. The van der Waals surface area contributed by atoms with Crippen molar-refractivity contribution in [1.29, 1.82) is 0 Å². The van der Waals surface area contributed by atoms with E-state index in [0.29, 0.717) is 50.5 Å². The molecule has 0 aliphatic carbocycles. The Balaban J connectivity index is 1.67. The minimum atomic E-state index is -0.539. The van der Waals surface area contributed by atoms with Crippen LogP contribution in [0.3, 0.4) is 0 Å². The van der Waals surface area contributed by atoms with E-state index in [1.165, 1.54) is 6.07 Å². The molecule has 8 nitrogen and oxygen atoms in total. The number of halogens is 1. The second-order valence-corrected chi connectivity index (χ2v) is 7.62. The molecular weight excluding hydrogens is 413 g/mol. The second kappa shape index (κ2) is 10.9. The number of benzene rings is 1. The van der Waals surface area contributed by atoms with Gasteiger partial charge in [0.25, 0.3) is 0 Å². The molecule has 9 heteroatoms. The number of nitrogens with one attached hydrogen (secondary N) is 2. The Hall–Kier alpha value is -3.20. The number of hydrogen-bond donors (Lipinski definition) is 2. The zero-order chi connectivity index (χ0) is 23.1. The summed E-state index contributed by atoms with van der Waals surface area (Å²) in [4.78, 5) is 32.3. The first kappa shape index (κ1) is 23.5. The largest absolute Gasteiger partial charge is 0.450 e. The minimum Gasteiger partial charge on any atom is -0.450 e. The summed E-state index contributed by atoms with van der Waals surface area (Å²) in [6, 6.07) is 7.83. The van der Waals surface area contributed by atoms with Crippen LogP contribution in [0.5, 0.6) is 0 Å². The number of aromatic nitrogens is 1. The summed E-state index contributed by atoms with van der Waals surface area (Å²) in [6.07, 6.45) is 1.93. The molecule has 3 amide bonds. The van der Waals surface area contributed by atoms with Crippen LogP contribution in [-0.4, -0.2) is 59.7 Å². The number of ether oxygens (including phenoxy) is 1. The van der Waals surface area contributed by atoms with Crippen LogP contribution in [0.2, 0.25) is 0 Å². The van der Waals surface area contributed by atoms with E-state index < -0.39 is 11.8 Å². The molecule has 1 aromatic carbocycles. The van der Waals surface area contributed by atoms with Gasteiger partial charge in [-0.1, -0.05) is 19.1 Å². The fourth-order valence-corrected chi connectivity index (χ4v) is 3.84. The van der Waals surface area contributed by atoms with Crippen LogP contribution in [0.4, 0.5) is 25.4 Å². The number of aryl methyl sites for hydroxylation is 1. The number of nitrogens with zero attached hydrogens (tertiary/aromatic N) is 3. The van der Waals surface area contributed by atoms with Crippen molar-refractivity contribution in [2.75, 3.05) is 43.4 Å². The maximum atomic E-state index is 15.4. The molecule has 0 saturated carbocycles. The molecule has 1 fully saturated rings. The van der Waals surface area contributed by atoms with Crippen molar-refractivity contribution in [1.82, 2.24) is 14.8 Å². The Bertz CT molecular complexity index is 930. The van der Waals surface area contributed by atoms with Gasteiger partial charge in [0.05, 0.1) is 24.2 Å². The van der Waals surface area contributed by atoms with E-state index in [9.17, 15) is 9.59 Å². The molecule has 3 rings (SSSR count). The third-order valence-corrected chi connectivity index (χ3v) is 5.47. The van der Waals surface area contributed by atoms with Gasteiger partial charge in [-0.2, -0.15) is 0 Å². The van der Waals surface area contributed by atoms with E-state index in [0.717, 1.165) is 5.69 Å². The molecule has 1 aliphatic heterocycles. The Morgan fingerprint density at radius 1 is 1.12 bits per heavy atom. The smallest absolute Gasteiger partial charge is 0.409 e. The summed E-state index contributed by atoms with van der Waals surface area (Å²) in [6.45, 7) is 8.28. The molecule has 0 radical (unpaired) electrons. The van der Waals surface area contributed by atoms with E-state index in [1.54, 1.807) is 42.3 Å². The number of urea groups is 1. The summed E-state index contributed by atoms with van der Waals surface area (Å²) in [5, 5.41) is 5.25. The lowest BCUT2D eigenvalue weighted by molar-refractivity contribution is 0.0643. The fraction of sp³-hybridized carbons (Fsp3) is 0.435. The normalized spacial score (nSPS) is 15.2. The number of carbonyl (C=O) groups is 2.